The van der Waals surface area contributed by atoms with Gasteiger partial charge in [0.05, 0.1) is 13.2 Å². The van der Waals surface area contributed by atoms with Crippen molar-refractivity contribution in [2.45, 2.75) is 91.5 Å². The van der Waals surface area contributed by atoms with Crippen molar-refractivity contribution in [2.75, 3.05) is 19.7 Å². The first-order chi connectivity index (χ1) is 19.1. The van der Waals surface area contributed by atoms with Gasteiger partial charge in [-0.2, -0.15) is 0 Å². The third-order valence-corrected chi connectivity index (χ3v) is 7.00. The summed E-state index contributed by atoms with van der Waals surface area (Å²) in [6.45, 7) is 12.7. The number of hydrogen-bond donors (Lipinski definition) is 0. The highest BCUT2D eigenvalue weighted by Gasteiger charge is 2.32. The smallest absolute Gasteiger partial charge is 0.133 e. The molecule has 0 N–H and O–H groups in total. The van der Waals surface area contributed by atoms with Crippen molar-refractivity contribution in [2.24, 2.45) is 0 Å². The molecule has 5 heteroatoms. The van der Waals surface area contributed by atoms with E-state index in [9.17, 15) is 4.79 Å². The SMILES string of the molecule is CC.CCCCC.Cc1cccnc1.O=CCN1CC(c2ccc3c(c2)CCO3)CC1CCc1ccccn1. The van der Waals surface area contributed by atoms with Crippen LogP contribution in [0.15, 0.2) is 67.1 Å². The minimum Gasteiger partial charge on any atom is -0.493 e. The number of carbonyl (C=O) groups is 1. The lowest BCUT2D eigenvalue weighted by Gasteiger charge is -2.21. The normalized spacial score (nSPS) is 17.3. The van der Waals surface area contributed by atoms with E-state index < -0.39 is 0 Å². The Kier molecular flexibility index (Phi) is 15.7. The highest BCUT2D eigenvalue weighted by molar-refractivity contribution is 5.52. The zero-order valence-electron chi connectivity index (χ0n) is 24.8. The molecule has 39 heavy (non-hydrogen) atoms. The maximum absolute atomic E-state index is 11.1. The van der Waals surface area contributed by atoms with Crippen LogP contribution in [0.25, 0.3) is 0 Å². The van der Waals surface area contributed by atoms with Gasteiger partial charge in [0.2, 0.25) is 0 Å². The van der Waals surface area contributed by atoms with Crippen LogP contribution in [0.1, 0.15) is 88.1 Å². The zero-order valence-corrected chi connectivity index (χ0v) is 24.8. The second-order valence-corrected chi connectivity index (χ2v) is 9.92. The number of aldehydes is 1. The first kappa shape index (κ1) is 32.2. The fourth-order valence-electron chi connectivity index (χ4n) is 4.97. The quantitative estimate of drug-likeness (QED) is 0.280. The Morgan fingerprint density at radius 1 is 1.05 bits per heavy atom. The molecule has 212 valence electrons. The first-order valence-corrected chi connectivity index (χ1v) is 14.8. The van der Waals surface area contributed by atoms with Gasteiger partial charge in [0.15, 0.2) is 0 Å². The molecule has 2 unspecified atom stereocenters. The third-order valence-electron chi connectivity index (χ3n) is 7.00. The summed E-state index contributed by atoms with van der Waals surface area (Å²) in [6.07, 6.45) is 14.7. The number of likely N-dealkylation sites (tertiary alicyclic amines) is 1. The highest BCUT2D eigenvalue weighted by Crippen LogP contribution is 2.36. The Morgan fingerprint density at radius 3 is 2.46 bits per heavy atom. The summed E-state index contributed by atoms with van der Waals surface area (Å²) in [7, 11) is 0. The van der Waals surface area contributed by atoms with Crippen LogP contribution in [0.5, 0.6) is 5.75 Å². The van der Waals surface area contributed by atoms with Crippen molar-refractivity contribution in [3.63, 3.8) is 0 Å². The van der Waals surface area contributed by atoms with Gasteiger partial charge in [-0.15, -0.1) is 0 Å². The van der Waals surface area contributed by atoms with E-state index in [1.807, 2.05) is 57.4 Å². The number of nitrogens with zero attached hydrogens (tertiary/aromatic N) is 3. The number of aromatic nitrogens is 2. The van der Waals surface area contributed by atoms with Crippen LogP contribution in [-0.4, -0.2) is 46.9 Å². The van der Waals surface area contributed by atoms with Crippen LogP contribution < -0.4 is 4.74 Å². The van der Waals surface area contributed by atoms with Gasteiger partial charge in [0.1, 0.15) is 12.0 Å². The second kappa shape index (κ2) is 19.1. The Balaban J connectivity index is 0.000000315. The van der Waals surface area contributed by atoms with Crippen LogP contribution in [0.2, 0.25) is 0 Å². The van der Waals surface area contributed by atoms with Gasteiger partial charge in [-0.05, 0) is 73.1 Å². The number of benzene rings is 1. The van der Waals surface area contributed by atoms with Gasteiger partial charge in [0.25, 0.3) is 0 Å². The fraction of sp³-hybridized carbons (Fsp3) is 0.500. The van der Waals surface area contributed by atoms with E-state index in [-0.39, 0.29) is 0 Å². The van der Waals surface area contributed by atoms with Crippen LogP contribution >= 0.6 is 0 Å². The van der Waals surface area contributed by atoms with Gasteiger partial charge in [-0.1, -0.05) is 71.2 Å². The molecule has 2 atom stereocenters. The summed E-state index contributed by atoms with van der Waals surface area (Å²) in [5.41, 5.74) is 5.06. The van der Waals surface area contributed by atoms with Crippen molar-refractivity contribution in [1.82, 2.24) is 14.9 Å². The standard InChI is InChI=1S/C21H24N2O2.C6H7N.C5H12.C2H6/c24-11-10-23-15-18(16-4-7-21-17(13-16)8-12-25-21)14-20(23)6-5-19-3-1-2-9-22-19;1-6-3-2-4-7-5-6;1-3-5-4-2;1-2/h1-4,7,9,11,13,18,20H,5-6,8,10,12,14-15H2;2-5H,1H3;3-5H2,1-2H3;1-2H3. The monoisotopic (exact) mass is 531 g/mol. The maximum Gasteiger partial charge on any atom is 0.133 e. The number of hydrogen-bond acceptors (Lipinski definition) is 5. The lowest BCUT2D eigenvalue weighted by Crippen LogP contribution is -2.31. The Hall–Kier alpha value is -3.05. The number of ether oxygens (including phenoxy) is 1. The molecular formula is C34H49N3O2. The topological polar surface area (TPSA) is 55.3 Å². The molecule has 0 spiro atoms. The molecule has 5 nitrogen and oxygen atoms in total. The minimum atomic E-state index is 0.446. The Labute approximate surface area is 237 Å². The molecule has 0 amide bonds. The number of carbonyl (C=O) groups excluding carboxylic acids is 1. The second-order valence-electron chi connectivity index (χ2n) is 9.92. The highest BCUT2D eigenvalue weighted by atomic mass is 16.5. The molecule has 2 aliphatic heterocycles. The molecule has 2 aromatic heterocycles. The van der Waals surface area contributed by atoms with E-state index in [4.69, 9.17) is 4.74 Å². The van der Waals surface area contributed by atoms with E-state index in [0.717, 1.165) is 56.6 Å². The fourth-order valence-corrected chi connectivity index (χ4v) is 4.97. The molecule has 4 heterocycles. The summed E-state index contributed by atoms with van der Waals surface area (Å²) in [6, 6.07) is 17.1. The predicted molar refractivity (Wildman–Crippen MR) is 163 cm³/mol. The molecule has 2 aliphatic rings. The zero-order chi connectivity index (χ0) is 28.3. The number of unbranched alkanes of at least 4 members (excludes halogenated alkanes) is 2. The third kappa shape index (κ3) is 11.3. The molecule has 0 aliphatic carbocycles. The lowest BCUT2D eigenvalue weighted by atomic mass is 9.93. The van der Waals surface area contributed by atoms with Crippen molar-refractivity contribution in [3.8, 4) is 5.75 Å². The summed E-state index contributed by atoms with van der Waals surface area (Å²) < 4.78 is 5.62. The number of aryl methyl sites for hydroxylation is 2. The molecule has 1 aromatic carbocycles. The summed E-state index contributed by atoms with van der Waals surface area (Å²) in [5, 5.41) is 0. The number of rotatable bonds is 8. The first-order valence-electron chi connectivity index (χ1n) is 14.8. The van der Waals surface area contributed by atoms with Gasteiger partial charge < -0.3 is 9.53 Å². The van der Waals surface area contributed by atoms with Gasteiger partial charge in [-0.3, -0.25) is 14.9 Å². The van der Waals surface area contributed by atoms with Crippen LogP contribution in [0.4, 0.5) is 0 Å². The van der Waals surface area contributed by atoms with E-state index in [2.05, 4.69) is 53.0 Å². The van der Waals surface area contributed by atoms with E-state index in [0.29, 0.717) is 18.5 Å². The summed E-state index contributed by atoms with van der Waals surface area (Å²) in [5.74, 6) is 1.54. The molecule has 1 saturated heterocycles. The largest absolute Gasteiger partial charge is 0.493 e. The van der Waals surface area contributed by atoms with E-state index >= 15 is 0 Å². The van der Waals surface area contributed by atoms with Crippen LogP contribution in [0, 0.1) is 6.92 Å². The summed E-state index contributed by atoms with van der Waals surface area (Å²) >= 11 is 0. The summed E-state index contributed by atoms with van der Waals surface area (Å²) in [4.78, 5) is 21.8. The van der Waals surface area contributed by atoms with Crippen LogP contribution in [-0.2, 0) is 17.6 Å². The average Bonchev–Trinajstić information content (AvgIpc) is 3.62. The molecule has 0 radical (unpaired) electrons. The van der Waals surface area contributed by atoms with Crippen molar-refractivity contribution in [3.05, 3.63) is 89.5 Å². The number of pyridine rings is 2. The molecule has 3 aromatic rings. The molecule has 5 rings (SSSR count). The van der Waals surface area contributed by atoms with Gasteiger partial charge in [0, 0.05) is 43.3 Å². The molecule has 1 fully saturated rings. The maximum atomic E-state index is 11.1. The van der Waals surface area contributed by atoms with Crippen molar-refractivity contribution >= 4 is 6.29 Å². The van der Waals surface area contributed by atoms with Crippen LogP contribution in [0.3, 0.4) is 0 Å². The molecule has 0 bridgehead atoms. The van der Waals surface area contributed by atoms with Gasteiger partial charge in [-0.25, -0.2) is 0 Å². The molecular weight excluding hydrogens is 482 g/mol. The van der Waals surface area contributed by atoms with Crippen molar-refractivity contribution < 1.29 is 9.53 Å². The minimum absolute atomic E-state index is 0.446. The van der Waals surface area contributed by atoms with Gasteiger partial charge >= 0.3 is 0 Å². The number of fused-ring (bicyclic) bond motifs is 1. The predicted octanol–water partition coefficient (Wildman–Crippen LogP) is 7.62. The van der Waals surface area contributed by atoms with Crippen molar-refractivity contribution in [1.29, 1.82) is 0 Å². The lowest BCUT2D eigenvalue weighted by molar-refractivity contribution is -0.109. The van der Waals surface area contributed by atoms with E-state index in [1.54, 1.807) is 6.20 Å². The average molecular weight is 532 g/mol. The Bertz CT molecular complexity index is 1040. The Morgan fingerprint density at radius 2 is 1.87 bits per heavy atom. The molecule has 0 saturated carbocycles. The van der Waals surface area contributed by atoms with E-state index in [1.165, 1.54) is 36.0 Å².